The summed E-state index contributed by atoms with van der Waals surface area (Å²) in [6, 6.07) is -1.12. The summed E-state index contributed by atoms with van der Waals surface area (Å²) in [5.41, 5.74) is -0.738. The molecule has 0 saturated carbocycles. The Morgan fingerprint density at radius 3 is 2.37 bits per heavy atom. The number of hydrogen-bond donors (Lipinski definition) is 1. The van der Waals surface area contributed by atoms with Gasteiger partial charge < -0.3 is 5.32 Å². The second-order valence-electron chi connectivity index (χ2n) is 5.63. The van der Waals surface area contributed by atoms with E-state index in [9.17, 15) is 26.3 Å². The van der Waals surface area contributed by atoms with Gasteiger partial charge in [-0.2, -0.15) is 32.8 Å². The van der Waals surface area contributed by atoms with Crippen LogP contribution in [0.5, 0.6) is 0 Å². The van der Waals surface area contributed by atoms with E-state index in [1.165, 1.54) is 0 Å². The van der Waals surface area contributed by atoms with Crippen LogP contribution in [0.1, 0.15) is 18.1 Å². The molecule has 0 fully saturated rings. The minimum atomic E-state index is -4.62. The fraction of sp³-hybridized carbons (Fsp3) is 0.267. The zero-order valence-electron chi connectivity index (χ0n) is 13.5. The van der Waals surface area contributed by atoms with Crippen molar-refractivity contribution in [3.8, 4) is 0 Å². The lowest BCUT2D eigenvalue weighted by Gasteiger charge is -2.21. The Morgan fingerprint density at radius 1 is 1.15 bits per heavy atom. The van der Waals surface area contributed by atoms with Crippen molar-refractivity contribution in [2.45, 2.75) is 25.6 Å². The molecule has 2 heterocycles. The minimum absolute atomic E-state index is 0.110. The van der Waals surface area contributed by atoms with Gasteiger partial charge in [-0.15, -0.1) is 0 Å². The fourth-order valence-corrected chi connectivity index (χ4v) is 2.59. The molecule has 0 aliphatic heterocycles. The highest BCUT2D eigenvalue weighted by Crippen LogP contribution is 2.31. The molecule has 0 saturated heterocycles. The van der Waals surface area contributed by atoms with Crippen LogP contribution in [0.2, 0.25) is 5.15 Å². The Balaban J connectivity index is 2.15. The van der Waals surface area contributed by atoms with Gasteiger partial charge in [-0.05, 0) is 6.92 Å². The highest BCUT2D eigenvalue weighted by atomic mass is 35.5. The summed E-state index contributed by atoms with van der Waals surface area (Å²) in [6.45, 7) is 0.847. The largest absolute Gasteiger partial charge is 0.408 e. The summed E-state index contributed by atoms with van der Waals surface area (Å²) in [7, 11) is 0. The molecule has 0 spiro atoms. The number of halogens is 7. The quantitative estimate of drug-likeness (QED) is 0.519. The summed E-state index contributed by atoms with van der Waals surface area (Å²) in [6.07, 6.45) is -4.18. The van der Waals surface area contributed by atoms with Crippen LogP contribution in [0.15, 0.2) is 18.5 Å². The summed E-state index contributed by atoms with van der Waals surface area (Å²) in [5, 5.41) is 5.62. The molecule has 0 amide bonds. The molecule has 0 bridgehead atoms. The number of nitrogens with zero attached hydrogens (tertiary/aromatic N) is 4. The number of hydrogen-bond acceptors (Lipinski definition) is 4. The van der Waals surface area contributed by atoms with Crippen molar-refractivity contribution >= 4 is 23.2 Å². The van der Waals surface area contributed by atoms with E-state index in [4.69, 9.17) is 11.6 Å². The highest BCUT2D eigenvalue weighted by Gasteiger charge is 2.37. The van der Waals surface area contributed by atoms with E-state index in [0.717, 1.165) is 17.8 Å². The Labute approximate surface area is 153 Å². The maximum atomic E-state index is 14.0. The van der Waals surface area contributed by atoms with Crippen LogP contribution in [0.4, 0.5) is 32.2 Å². The molecule has 5 nitrogen and oxygen atoms in total. The molecule has 0 aliphatic carbocycles. The molecule has 1 aromatic carbocycles. The first-order valence-electron chi connectivity index (χ1n) is 7.42. The SMILES string of the molecule is C[C@H](Nc1c(Cc2c(F)cc(F)cc2F)c(Cl)nc2ncnn12)C(F)(F)F. The van der Waals surface area contributed by atoms with Crippen molar-refractivity contribution in [2.75, 3.05) is 5.32 Å². The third-order valence-electron chi connectivity index (χ3n) is 3.78. The fourth-order valence-electron chi connectivity index (χ4n) is 2.36. The molecule has 0 radical (unpaired) electrons. The van der Waals surface area contributed by atoms with Gasteiger partial charge in [0.05, 0.1) is 0 Å². The van der Waals surface area contributed by atoms with Crippen LogP contribution in [0.3, 0.4) is 0 Å². The van der Waals surface area contributed by atoms with Gasteiger partial charge in [0.2, 0.25) is 0 Å². The first kappa shape index (κ1) is 19.2. The molecule has 27 heavy (non-hydrogen) atoms. The van der Waals surface area contributed by atoms with E-state index in [0.29, 0.717) is 12.1 Å². The van der Waals surface area contributed by atoms with Crippen molar-refractivity contribution in [2.24, 2.45) is 0 Å². The van der Waals surface area contributed by atoms with E-state index >= 15 is 0 Å². The predicted octanol–water partition coefficient (Wildman–Crippen LogP) is 4.15. The van der Waals surface area contributed by atoms with Gasteiger partial charge in [-0.1, -0.05) is 11.6 Å². The average Bonchev–Trinajstić information content (AvgIpc) is 2.99. The summed E-state index contributed by atoms with van der Waals surface area (Å²) < 4.78 is 80.9. The van der Waals surface area contributed by atoms with Gasteiger partial charge in [0, 0.05) is 29.7 Å². The van der Waals surface area contributed by atoms with Crippen LogP contribution in [0, 0.1) is 17.5 Å². The van der Waals surface area contributed by atoms with Gasteiger partial charge in [0.25, 0.3) is 5.78 Å². The van der Waals surface area contributed by atoms with E-state index in [1.807, 2.05) is 0 Å². The predicted molar refractivity (Wildman–Crippen MR) is 84.1 cm³/mol. The Bertz CT molecular complexity index is 979. The maximum absolute atomic E-state index is 14.0. The van der Waals surface area contributed by atoms with Crippen LogP contribution < -0.4 is 5.32 Å². The first-order chi connectivity index (χ1) is 12.6. The van der Waals surface area contributed by atoms with E-state index in [1.54, 1.807) is 0 Å². The second-order valence-corrected chi connectivity index (χ2v) is 5.99. The molecular weight excluding hydrogens is 400 g/mol. The van der Waals surface area contributed by atoms with Gasteiger partial charge in [-0.3, -0.25) is 0 Å². The smallest absolute Gasteiger partial charge is 0.358 e. The topological polar surface area (TPSA) is 55.1 Å². The molecule has 144 valence electrons. The molecule has 1 atom stereocenters. The van der Waals surface area contributed by atoms with E-state index in [2.05, 4.69) is 20.4 Å². The molecule has 3 rings (SSSR count). The number of rotatable bonds is 4. The van der Waals surface area contributed by atoms with Crippen molar-refractivity contribution in [3.63, 3.8) is 0 Å². The maximum Gasteiger partial charge on any atom is 0.408 e. The lowest BCUT2D eigenvalue weighted by molar-refractivity contribution is -0.138. The van der Waals surface area contributed by atoms with Crippen molar-refractivity contribution in [3.05, 3.63) is 52.2 Å². The summed E-state index contributed by atoms with van der Waals surface area (Å²) in [5.74, 6) is -3.95. The normalized spacial score (nSPS) is 13.2. The molecular formula is C15H10ClF6N5. The second kappa shape index (κ2) is 6.87. The molecule has 2 aromatic heterocycles. The lowest BCUT2D eigenvalue weighted by Crippen LogP contribution is -2.34. The van der Waals surface area contributed by atoms with Crippen LogP contribution in [0.25, 0.3) is 5.78 Å². The van der Waals surface area contributed by atoms with Crippen LogP contribution >= 0.6 is 11.6 Å². The Kier molecular flexibility index (Phi) is 4.89. The van der Waals surface area contributed by atoms with Crippen LogP contribution in [-0.2, 0) is 6.42 Å². The molecule has 3 aromatic rings. The van der Waals surface area contributed by atoms with Crippen LogP contribution in [-0.4, -0.2) is 31.8 Å². The molecule has 1 N–H and O–H groups in total. The Morgan fingerprint density at radius 2 is 1.78 bits per heavy atom. The molecule has 12 heteroatoms. The lowest BCUT2D eigenvalue weighted by atomic mass is 10.0. The number of benzene rings is 1. The van der Waals surface area contributed by atoms with Gasteiger partial charge in [0.1, 0.15) is 40.8 Å². The standard InChI is InChI=1S/C15H10ClF6N5/c1-6(15(20,21)22)25-13-9(12(16)26-14-23-5-24-27(13)14)4-8-10(18)2-7(17)3-11(8)19/h2-3,5-6,25H,4H2,1H3/t6-/m0/s1. The zero-order valence-corrected chi connectivity index (χ0v) is 14.2. The third kappa shape index (κ3) is 3.77. The van der Waals surface area contributed by atoms with Crippen molar-refractivity contribution < 1.29 is 26.3 Å². The molecule has 0 aliphatic rings. The third-order valence-corrected chi connectivity index (χ3v) is 4.09. The van der Waals surface area contributed by atoms with Crippen molar-refractivity contribution in [1.29, 1.82) is 0 Å². The first-order valence-corrected chi connectivity index (χ1v) is 7.80. The monoisotopic (exact) mass is 409 g/mol. The van der Waals surface area contributed by atoms with Crippen molar-refractivity contribution in [1.82, 2.24) is 19.6 Å². The Hall–Kier alpha value is -2.56. The minimum Gasteiger partial charge on any atom is -0.358 e. The number of nitrogens with one attached hydrogen (secondary N) is 1. The summed E-state index contributed by atoms with van der Waals surface area (Å²) >= 11 is 6.02. The molecule has 0 unspecified atom stereocenters. The zero-order chi connectivity index (χ0) is 19.9. The number of aromatic nitrogens is 4. The van der Waals surface area contributed by atoms with Gasteiger partial charge in [-0.25, -0.2) is 13.2 Å². The van der Waals surface area contributed by atoms with Gasteiger partial charge >= 0.3 is 6.18 Å². The summed E-state index contributed by atoms with van der Waals surface area (Å²) in [4.78, 5) is 7.60. The van der Waals surface area contributed by atoms with E-state index in [-0.39, 0.29) is 22.3 Å². The number of anilines is 1. The average molecular weight is 410 g/mol. The van der Waals surface area contributed by atoms with Gasteiger partial charge in [0.15, 0.2) is 0 Å². The number of fused-ring (bicyclic) bond motifs is 1. The number of alkyl halides is 3. The van der Waals surface area contributed by atoms with E-state index < -0.39 is 41.7 Å². The highest BCUT2D eigenvalue weighted by molar-refractivity contribution is 6.30.